The zero-order chi connectivity index (χ0) is 24.2. The first-order valence-electron chi connectivity index (χ1n) is 12.7. The maximum atomic E-state index is 11.6. The van der Waals surface area contributed by atoms with Gasteiger partial charge in [0, 0.05) is 13.1 Å². The second kappa shape index (κ2) is 17.0. The van der Waals surface area contributed by atoms with Gasteiger partial charge in [-0.1, -0.05) is 13.8 Å². The fourth-order valence-electron chi connectivity index (χ4n) is 4.29. The van der Waals surface area contributed by atoms with Gasteiger partial charge in [-0.3, -0.25) is 19.4 Å². The molecular weight excluding hydrogens is 484 g/mol. The third-order valence-electron chi connectivity index (χ3n) is 6.83. The van der Waals surface area contributed by atoms with Crippen molar-refractivity contribution < 1.29 is 36.1 Å². The molecule has 2 saturated heterocycles. The Bertz CT molecular complexity index is 540. The quantitative estimate of drug-likeness (QED) is 0.359. The van der Waals surface area contributed by atoms with E-state index in [0.717, 1.165) is 51.1 Å². The molecule has 192 valence electrons. The average molecular weight is 524 g/mol. The van der Waals surface area contributed by atoms with Gasteiger partial charge in [0.25, 0.3) is 0 Å². The fourth-order valence-corrected chi connectivity index (χ4v) is 4.29. The number of likely N-dealkylation sites (tertiary alicyclic amines) is 2. The number of carbonyl (C=O) groups is 2. The number of esters is 2. The van der Waals surface area contributed by atoms with Gasteiger partial charge in [-0.05, 0) is 115 Å². The van der Waals surface area contributed by atoms with Crippen molar-refractivity contribution in [2.24, 2.45) is 11.8 Å². The largest absolute Gasteiger partial charge is 2.00 e. The van der Waals surface area contributed by atoms with Gasteiger partial charge in [0.2, 0.25) is 0 Å². The maximum absolute atomic E-state index is 11.6. The number of carbonyl (C=O) groups excluding carboxylic acids is 2. The minimum Gasteiger partial charge on any atom is -0.464 e. The van der Waals surface area contributed by atoms with E-state index in [-0.39, 0.29) is 29.0 Å². The first kappa shape index (κ1) is 30.6. The minimum absolute atomic E-state index is 0. The van der Waals surface area contributed by atoms with Gasteiger partial charge >= 0.3 is 29.0 Å². The third-order valence-corrected chi connectivity index (χ3v) is 6.83. The molecule has 0 aromatic heterocycles. The summed E-state index contributed by atoms with van der Waals surface area (Å²) in [6, 6.07) is 0. The van der Waals surface area contributed by atoms with E-state index in [4.69, 9.17) is 9.47 Å². The van der Waals surface area contributed by atoms with Crippen LogP contribution < -0.4 is 0 Å². The Balaban J connectivity index is 0.000000240. The second-order valence-electron chi connectivity index (χ2n) is 9.67. The SMILES string of the molecule is CC1CCN(CCOC(=O)[C]2[CH][CH][CH][CH]2)CC1.CC1CCN(CCOC(=O)[C]2[CH][CH][CH][CH]2)CC1.[Fe+2]. The van der Waals surface area contributed by atoms with Crippen LogP contribution in [0.25, 0.3) is 0 Å². The van der Waals surface area contributed by atoms with Crippen LogP contribution in [0.15, 0.2) is 0 Å². The normalized spacial score (nSPS) is 23.4. The molecule has 0 aromatic carbocycles. The van der Waals surface area contributed by atoms with E-state index in [1.54, 1.807) is 25.7 Å². The van der Waals surface area contributed by atoms with Crippen LogP contribution in [0.4, 0.5) is 0 Å². The molecule has 0 aromatic rings. The van der Waals surface area contributed by atoms with Crippen LogP contribution in [-0.4, -0.2) is 74.2 Å². The van der Waals surface area contributed by atoms with Crippen LogP contribution in [0.5, 0.6) is 0 Å². The number of rotatable bonds is 8. The molecular formula is C28H40FeN2O4+2. The second-order valence-corrected chi connectivity index (χ2v) is 9.67. The summed E-state index contributed by atoms with van der Waals surface area (Å²) >= 11 is 0. The molecule has 7 heteroatoms. The Morgan fingerprint density at radius 3 is 1.31 bits per heavy atom. The maximum Gasteiger partial charge on any atom is 2.00 e. The van der Waals surface area contributed by atoms with Crippen LogP contribution in [0.2, 0.25) is 0 Å². The number of ether oxygens (including phenoxy) is 2. The Labute approximate surface area is 224 Å². The van der Waals surface area contributed by atoms with Crippen LogP contribution >= 0.6 is 0 Å². The van der Waals surface area contributed by atoms with E-state index in [2.05, 4.69) is 23.6 Å². The standard InChI is InChI=1S/2C14H20NO2.Fe/c2*1-12-6-8-15(9-7-12)10-11-17-14(16)13-4-2-3-5-13;/h2*2-5,12H,6-11H2,1H3;/q;;+2. The van der Waals surface area contributed by atoms with Crippen molar-refractivity contribution in [2.45, 2.75) is 39.5 Å². The van der Waals surface area contributed by atoms with Gasteiger partial charge in [-0.15, -0.1) is 0 Å². The molecule has 0 atom stereocenters. The van der Waals surface area contributed by atoms with E-state index >= 15 is 0 Å². The summed E-state index contributed by atoms with van der Waals surface area (Å²) in [4.78, 5) is 27.9. The molecule has 35 heavy (non-hydrogen) atoms. The van der Waals surface area contributed by atoms with Crippen LogP contribution in [0.3, 0.4) is 0 Å². The van der Waals surface area contributed by atoms with Gasteiger partial charge in [-0.25, -0.2) is 0 Å². The molecule has 0 bridgehead atoms. The van der Waals surface area contributed by atoms with E-state index in [1.165, 1.54) is 25.7 Å². The Kier molecular flexibility index (Phi) is 14.9. The summed E-state index contributed by atoms with van der Waals surface area (Å²) in [5, 5.41) is 0. The predicted molar refractivity (Wildman–Crippen MR) is 132 cm³/mol. The molecule has 0 unspecified atom stereocenters. The Hall–Kier alpha value is -0.621. The molecule has 4 rings (SSSR count). The van der Waals surface area contributed by atoms with Crippen molar-refractivity contribution >= 4 is 11.9 Å². The molecule has 2 aliphatic heterocycles. The first-order valence-corrected chi connectivity index (χ1v) is 12.7. The molecule has 0 spiro atoms. The molecule has 0 amide bonds. The van der Waals surface area contributed by atoms with E-state index in [0.29, 0.717) is 25.0 Å². The van der Waals surface area contributed by atoms with E-state index in [1.807, 2.05) is 25.7 Å². The van der Waals surface area contributed by atoms with Crippen molar-refractivity contribution in [3.05, 3.63) is 63.2 Å². The molecule has 4 aliphatic rings. The zero-order valence-corrected chi connectivity index (χ0v) is 22.2. The monoisotopic (exact) mass is 524 g/mol. The van der Waals surface area contributed by atoms with E-state index in [9.17, 15) is 9.59 Å². The van der Waals surface area contributed by atoms with Crippen molar-refractivity contribution in [3.63, 3.8) is 0 Å². The third kappa shape index (κ3) is 11.5. The van der Waals surface area contributed by atoms with Gasteiger partial charge in [0.1, 0.15) is 13.2 Å². The summed E-state index contributed by atoms with van der Waals surface area (Å²) in [5.74, 6) is 2.58. The summed E-state index contributed by atoms with van der Waals surface area (Å²) in [5.41, 5.74) is 0. The Morgan fingerprint density at radius 1 is 0.686 bits per heavy atom. The Morgan fingerprint density at radius 2 is 1.00 bits per heavy atom. The topological polar surface area (TPSA) is 59.1 Å². The van der Waals surface area contributed by atoms with Crippen LogP contribution in [-0.2, 0) is 36.1 Å². The predicted octanol–water partition coefficient (Wildman–Crippen LogP) is 3.33. The van der Waals surface area contributed by atoms with Crippen molar-refractivity contribution in [1.29, 1.82) is 0 Å². The number of piperidine rings is 2. The first-order chi connectivity index (χ1) is 16.5. The smallest absolute Gasteiger partial charge is 0.464 e. The molecule has 4 fully saturated rings. The van der Waals surface area contributed by atoms with Gasteiger partial charge in [0.15, 0.2) is 0 Å². The fraction of sp³-hybridized carbons (Fsp3) is 0.571. The van der Waals surface area contributed by atoms with Crippen LogP contribution in [0, 0.1) is 75.0 Å². The molecule has 2 saturated carbocycles. The molecule has 10 radical (unpaired) electrons. The van der Waals surface area contributed by atoms with Crippen molar-refractivity contribution in [1.82, 2.24) is 9.80 Å². The summed E-state index contributed by atoms with van der Waals surface area (Å²) in [6.07, 6.45) is 19.6. The zero-order valence-electron chi connectivity index (χ0n) is 21.1. The van der Waals surface area contributed by atoms with Gasteiger partial charge < -0.3 is 9.47 Å². The molecule has 0 N–H and O–H groups in total. The van der Waals surface area contributed by atoms with Crippen LogP contribution in [0.1, 0.15) is 39.5 Å². The number of hydrogen-bond donors (Lipinski definition) is 0. The average Bonchev–Trinajstić information content (AvgIpc) is 3.57. The number of nitrogens with zero attached hydrogens (tertiary/aromatic N) is 2. The van der Waals surface area contributed by atoms with E-state index < -0.39 is 0 Å². The van der Waals surface area contributed by atoms with Crippen molar-refractivity contribution in [3.8, 4) is 0 Å². The van der Waals surface area contributed by atoms with Gasteiger partial charge in [0.05, 0.1) is 11.8 Å². The van der Waals surface area contributed by atoms with Crippen molar-refractivity contribution in [2.75, 3.05) is 52.5 Å². The number of hydrogen-bond acceptors (Lipinski definition) is 6. The minimum atomic E-state index is -0.208. The summed E-state index contributed by atoms with van der Waals surface area (Å²) in [6.45, 7) is 11.9. The molecule has 2 aliphatic carbocycles. The summed E-state index contributed by atoms with van der Waals surface area (Å²) < 4.78 is 10.5. The van der Waals surface area contributed by atoms with Gasteiger partial charge in [-0.2, -0.15) is 0 Å². The molecule has 6 nitrogen and oxygen atoms in total. The molecule has 2 heterocycles. The summed E-state index contributed by atoms with van der Waals surface area (Å²) in [7, 11) is 0.